The summed E-state index contributed by atoms with van der Waals surface area (Å²) in [5.74, 6) is -0.163. The summed E-state index contributed by atoms with van der Waals surface area (Å²) in [6.45, 7) is 3.90. The van der Waals surface area contributed by atoms with Crippen molar-refractivity contribution in [3.05, 3.63) is 18.7 Å². The second kappa shape index (κ2) is 9.02. The highest BCUT2D eigenvalue weighted by Gasteiger charge is 2.17. The molecule has 0 aliphatic rings. The highest BCUT2D eigenvalue weighted by molar-refractivity contribution is 6.01. The molecule has 3 N–H and O–H groups in total. The minimum absolute atomic E-state index is 0.0553. The maximum atomic E-state index is 12.3. The van der Waals surface area contributed by atoms with Crippen molar-refractivity contribution < 1.29 is 18.3 Å². The zero-order valence-electron chi connectivity index (χ0n) is 14.1. The molecular formula is C15H23F2N5O2. The van der Waals surface area contributed by atoms with Gasteiger partial charge in [-0.15, -0.1) is 0 Å². The normalized spacial score (nSPS) is 10.8. The van der Waals surface area contributed by atoms with Gasteiger partial charge >= 0.3 is 0 Å². The zero-order chi connectivity index (χ0) is 18.3. The Bertz CT molecular complexity index is 581. The van der Waals surface area contributed by atoms with Crippen LogP contribution in [-0.2, 0) is 4.79 Å². The van der Waals surface area contributed by atoms with Crippen LogP contribution in [0.15, 0.2) is 18.7 Å². The Hall–Kier alpha value is -2.42. The van der Waals surface area contributed by atoms with Crippen LogP contribution in [0.3, 0.4) is 0 Å². The number of amides is 1. The molecule has 0 radical (unpaired) electrons. The number of nitrogens with zero attached hydrogens (tertiary/aromatic N) is 3. The SMILES string of the molecule is C=CC(=O)Nc1cc(N)c(OCC(F)F)nc1N(C)CCN(C)C. The largest absolute Gasteiger partial charge is 0.470 e. The summed E-state index contributed by atoms with van der Waals surface area (Å²) < 4.78 is 29.6. The summed E-state index contributed by atoms with van der Waals surface area (Å²) in [4.78, 5) is 19.5. The lowest BCUT2D eigenvalue weighted by molar-refractivity contribution is -0.111. The van der Waals surface area contributed by atoms with Crippen LogP contribution < -0.4 is 20.7 Å². The molecule has 134 valence electrons. The number of anilines is 3. The molecule has 1 amide bonds. The molecule has 0 fully saturated rings. The number of hydrogen-bond acceptors (Lipinski definition) is 6. The molecule has 0 spiro atoms. The Morgan fingerprint density at radius 2 is 2.12 bits per heavy atom. The van der Waals surface area contributed by atoms with Crippen molar-refractivity contribution >= 4 is 23.1 Å². The topological polar surface area (TPSA) is 83.7 Å². The number of likely N-dealkylation sites (N-methyl/N-ethyl adjacent to an activating group) is 2. The fourth-order valence-corrected chi connectivity index (χ4v) is 1.78. The molecule has 0 atom stereocenters. The first-order chi connectivity index (χ1) is 11.2. The number of carbonyl (C=O) groups is 1. The van der Waals surface area contributed by atoms with Gasteiger partial charge in [0.15, 0.2) is 12.4 Å². The molecule has 9 heteroatoms. The van der Waals surface area contributed by atoms with Gasteiger partial charge in [0.05, 0.1) is 11.4 Å². The number of rotatable bonds is 9. The number of alkyl halides is 2. The van der Waals surface area contributed by atoms with Gasteiger partial charge in [0.1, 0.15) is 0 Å². The van der Waals surface area contributed by atoms with Crippen molar-refractivity contribution in [1.82, 2.24) is 9.88 Å². The highest BCUT2D eigenvalue weighted by Crippen LogP contribution is 2.31. The van der Waals surface area contributed by atoms with Crippen LogP contribution in [0.5, 0.6) is 5.88 Å². The highest BCUT2D eigenvalue weighted by atomic mass is 19.3. The molecule has 0 unspecified atom stereocenters. The van der Waals surface area contributed by atoms with E-state index in [-0.39, 0.29) is 11.6 Å². The average Bonchev–Trinajstić information content (AvgIpc) is 2.51. The number of ether oxygens (including phenoxy) is 1. The number of aromatic nitrogens is 1. The maximum absolute atomic E-state index is 12.3. The van der Waals surface area contributed by atoms with Gasteiger partial charge in [0.2, 0.25) is 11.8 Å². The fourth-order valence-electron chi connectivity index (χ4n) is 1.78. The van der Waals surface area contributed by atoms with Gasteiger partial charge < -0.3 is 25.6 Å². The Labute approximate surface area is 140 Å². The van der Waals surface area contributed by atoms with Crippen molar-refractivity contribution in [3.63, 3.8) is 0 Å². The second-order valence-electron chi connectivity index (χ2n) is 5.37. The number of nitrogens with one attached hydrogen (secondary N) is 1. The monoisotopic (exact) mass is 343 g/mol. The van der Waals surface area contributed by atoms with E-state index in [1.807, 2.05) is 19.0 Å². The minimum Gasteiger partial charge on any atom is -0.470 e. The summed E-state index contributed by atoms with van der Waals surface area (Å²) in [6, 6.07) is 1.43. The molecule has 0 aromatic carbocycles. The van der Waals surface area contributed by atoms with Gasteiger partial charge in [-0.05, 0) is 26.2 Å². The van der Waals surface area contributed by atoms with Crippen molar-refractivity contribution in [2.45, 2.75) is 6.43 Å². The predicted octanol–water partition coefficient (Wildman–Crippen LogP) is 1.43. The molecule has 1 aromatic rings. The smallest absolute Gasteiger partial charge is 0.272 e. The average molecular weight is 343 g/mol. The summed E-state index contributed by atoms with van der Waals surface area (Å²) in [6.07, 6.45) is -1.53. The third kappa shape index (κ3) is 5.99. The van der Waals surface area contributed by atoms with Gasteiger partial charge in [-0.25, -0.2) is 8.78 Å². The van der Waals surface area contributed by atoms with E-state index in [2.05, 4.69) is 16.9 Å². The molecule has 1 aromatic heterocycles. The van der Waals surface area contributed by atoms with Gasteiger partial charge in [-0.1, -0.05) is 6.58 Å². The molecule has 7 nitrogen and oxygen atoms in total. The Morgan fingerprint density at radius 3 is 2.67 bits per heavy atom. The molecule has 0 aliphatic carbocycles. The van der Waals surface area contributed by atoms with Gasteiger partial charge in [-0.3, -0.25) is 4.79 Å². The second-order valence-corrected chi connectivity index (χ2v) is 5.37. The quantitative estimate of drug-likeness (QED) is 0.660. The summed E-state index contributed by atoms with van der Waals surface area (Å²) in [5.41, 5.74) is 6.19. The first-order valence-electron chi connectivity index (χ1n) is 7.25. The number of pyridine rings is 1. The minimum atomic E-state index is -2.64. The standard InChI is InChI=1S/C15H23F2N5O2/c1-5-13(23)19-11-8-10(18)15(24-9-12(16)17)20-14(11)22(4)7-6-21(2)3/h5,8,12H,1,6-7,9,18H2,2-4H3,(H,19,23). The first kappa shape index (κ1) is 19.6. The lowest BCUT2D eigenvalue weighted by atomic mass is 10.3. The van der Waals surface area contributed by atoms with E-state index < -0.39 is 18.9 Å². The van der Waals surface area contributed by atoms with E-state index in [1.165, 1.54) is 6.07 Å². The van der Waals surface area contributed by atoms with Gasteiger partial charge in [-0.2, -0.15) is 4.98 Å². The molecular weight excluding hydrogens is 320 g/mol. The molecule has 0 bridgehead atoms. The molecule has 1 heterocycles. The van der Waals surface area contributed by atoms with Gasteiger partial charge in [0, 0.05) is 20.1 Å². The first-order valence-corrected chi connectivity index (χ1v) is 7.25. The number of hydrogen-bond donors (Lipinski definition) is 2. The molecule has 0 saturated heterocycles. The molecule has 24 heavy (non-hydrogen) atoms. The number of halogens is 2. The van der Waals surface area contributed by atoms with Crippen LogP contribution in [0, 0.1) is 0 Å². The van der Waals surface area contributed by atoms with Crippen LogP contribution in [0.4, 0.5) is 26.0 Å². The zero-order valence-corrected chi connectivity index (χ0v) is 14.1. The van der Waals surface area contributed by atoms with Crippen LogP contribution in [-0.4, -0.2) is 63.1 Å². The van der Waals surface area contributed by atoms with E-state index in [4.69, 9.17) is 10.5 Å². The lowest BCUT2D eigenvalue weighted by Gasteiger charge is -2.24. The molecule has 0 aliphatic heterocycles. The Kier molecular flexibility index (Phi) is 7.37. The third-order valence-electron chi connectivity index (χ3n) is 3.03. The summed E-state index contributed by atoms with van der Waals surface area (Å²) in [7, 11) is 5.60. The van der Waals surface area contributed by atoms with Gasteiger partial charge in [0.25, 0.3) is 6.43 Å². The Balaban J connectivity index is 3.13. The van der Waals surface area contributed by atoms with Crippen molar-refractivity contribution in [1.29, 1.82) is 0 Å². The summed E-state index contributed by atoms with van der Waals surface area (Å²) >= 11 is 0. The third-order valence-corrected chi connectivity index (χ3v) is 3.03. The molecule has 0 saturated carbocycles. The van der Waals surface area contributed by atoms with E-state index in [9.17, 15) is 13.6 Å². The Morgan fingerprint density at radius 1 is 1.46 bits per heavy atom. The lowest BCUT2D eigenvalue weighted by Crippen LogP contribution is -2.30. The number of nitrogens with two attached hydrogens (primary N) is 1. The van der Waals surface area contributed by atoms with Crippen molar-refractivity contribution in [2.24, 2.45) is 0 Å². The summed E-state index contributed by atoms with van der Waals surface area (Å²) in [5, 5.41) is 2.60. The van der Waals surface area contributed by atoms with Crippen molar-refractivity contribution in [2.75, 3.05) is 56.8 Å². The number of nitrogen functional groups attached to an aromatic ring is 1. The fraction of sp³-hybridized carbons (Fsp3) is 0.467. The maximum Gasteiger partial charge on any atom is 0.272 e. The van der Waals surface area contributed by atoms with Crippen LogP contribution >= 0.6 is 0 Å². The molecule has 1 rings (SSSR count). The van der Waals surface area contributed by atoms with Crippen LogP contribution in [0.2, 0.25) is 0 Å². The van der Waals surface area contributed by atoms with Crippen molar-refractivity contribution in [3.8, 4) is 5.88 Å². The van der Waals surface area contributed by atoms with E-state index in [0.717, 1.165) is 12.6 Å². The van der Waals surface area contributed by atoms with Crippen LogP contribution in [0.1, 0.15) is 0 Å². The van der Waals surface area contributed by atoms with E-state index in [1.54, 1.807) is 11.9 Å². The van der Waals surface area contributed by atoms with E-state index >= 15 is 0 Å². The number of carbonyl (C=O) groups excluding carboxylic acids is 1. The van der Waals surface area contributed by atoms with Crippen LogP contribution in [0.25, 0.3) is 0 Å². The predicted molar refractivity (Wildman–Crippen MR) is 90.8 cm³/mol. The van der Waals surface area contributed by atoms with E-state index in [0.29, 0.717) is 18.1 Å².